The van der Waals surface area contributed by atoms with Crippen LogP contribution >= 0.6 is 27.5 Å². The van der Waals surface area contributed by atoms with Crippen LogP contribution in [0.25, 0.3) is 0 Å². The highest BCUT2D eigenvalue weighted by Crippen LogP contribution is 2.14. The van der Waals surface area contributed by atoms with E-state index < -0.39 is 15.9 Å². The molecule has 0 aliphatic heterocycles. The smallest absolute Gasteiger partial charge is 0.284 e. The van der Waals surface area contributed by atoms with Gasteiger partial charge in [-0.1, -0.05) is 29.3 Å². The summed E-state index contributed by atoms with van der Waals surface area (Å²) in [4.78, 5) is 11.2. The predicted molar refractivity (Wildman–Crippen MR) is 88.1 cm³/mol. The molecular weight excluding hydrogens is 408 g/mol. The number of sulfonamides is 1. The minimum atomic E-state index is -3.98. The zero-order valence-corrected chi connectivity index (χ0v) is 15.1. The van der Waals surface area contributed by atoms with Crippen LogP contribution in [0, 0.1) is 6.92 Å². The zero-order valence-electron chi connectivity index (χ0n) is 11.9. The SMILES string of the molecule is Cc1ccc(S(=O)(=O)/N=c2/c(Br)cc(Cl)nn2CC(N)=O)cc1. The average Bonchev–Trinajstić information content (AvgIpc) is 2.42. The summed E-state index contributed by atoms with van der Waals surface area (Å²) < 4.78 is 29.9. The van der Waals surface area contributed by atoms with Gasteiger partial charge >= 0.3 is 0 Å². The van der Waals surface area contributed by atoms with Crippen molar-refractivity contribution in [2.45, 2.75) is 18.4 Å². The number of primary amides is 1. The molecule has 0 aliphatic rings. The maximum atomic E-state index is 12.4. The number of nitrogens with zero attached hydrogens (tertiary/aromatic N) is 3. The van der Waals surface area contributed by atoms with E-state index in [1.165, 1.54) is 18.2 Å². The van der Waals surface area contributed by atoms with E-state index in [0.717, 1.165) is 10.2 Å². The molecule has 0 radical (unpaired) electrons. The van der Waals surface area contributed by atoms with Gasteiger partial charge in [-0.05, 0) is 41.1 Å². The van der Waals surface area contributed by atoms with Gasteiger partial charge in [0.25, 0.3) is 10.0 Å². The Morgan fingerprint density at radius 1 is 1.39 bits per heavy atom. The predicted octanol–water partition coefficient (Wildman–Crippen LogP) is 1.38. The molecule has 0 saturated heterocycles. The first kappa shape index (κ1) is 17.6. The van der Waals surface area contributed by atoms with Crippen LogP contribution in [0.5, 0.6) is 0 Å². The Labute approximate surface area is 146 Å². The molecule has 2 N–H and O–H groups in total. The first-order valence-electron chi connectivity index (χ1n) is 6.28. The van der Waals surface area contributed by atoms with Crippen LogP contribution in [-0.4, -0.2) is 24.1 Å². The van der Waals surface area contributed by atoms with Gasteiger partial charge in [0, 0.05) is 0 Å². The van der Waals surface area contributed by atoms with Gasteiger partial charge in [0.2, 0.25) is 5.91 Å². The number of rotatable bonds is 4. The van der Waals surface area contributed by atoms with Crippen molar-refractivity contribution in [1.29, 1.82) is 0 Å². The molecule has 0 fully saturated rings. The molecule has 1 amide bonds. The Bertz CT molecular complexity index is 923. The molecule has 10 heteroatoms. The van der Waals surface area contributed by atoms with Gasteiger partial charge in [0.05, 0.1) is 9.37 Å². The van der Waals surface area contributed by atoms with Crippen LogP contribution in [-0.2, 0) is 21.4 Å². The van der Waals surface area contributed by atoms with E-state index in [4.69, 9.17) is 17.3 Å². The Balaban J connectivity index is 2.66. The Morgan fingerprint density at radius 2 is 2.00 bits per heavy atom. The van der Waals surface area contributed by atoms with Gasteiger partial charge in [-0.25, -0.2) is 4.68 Å². The lowest BCUT2D eigenvalue weighted by Gasteiger charge is -2.06. The average molecular weight is 420 g/mol. The second kappa shape index (κ2) is 6.81. The van der Waals surface area contributed by atoms with Crippen molar-refractivity contribution in [3.8, 4) is 0 Å². The van der Waals surface area contributed by atoms with E-state index in [-0.39, 0.29) is 26.6 Å². The molecule has 2 aromatic rings. The first-order valence-corrected chi connectivity index (χ1v) is 8.89. The second-order valence-electron chi connectivity index (χ2n) is 4.64. The zero-order chi connectivity index (χ0) is 17.2. The maximum absolute atomic E-state index is 12.4. The molecule has 1 heterocycles. The molecule has 1 aromatic heterocycles. The third-order valence-electron chi connectivity index (χ3n) is 2.75. The first-order chi connectivity index (χ1) is 10.7. The number of benzene rings is 1. The van der Waals surface area contributed by atoms with Crippen LogP contribution in [0.2, 0.25) is 5.15 Å². The summed E-state index contributed by atoms with van der Waals surface area (Å²) in [6.07, 6.45) is 0. The summed E-state index contributed by atoms with van der Waals surface area (Å²) >= 11 is 8.98. The fraction of sp³-hybridized carbons (Fsp3) is 0.154. The second-order valence-corrected chi connectivity index (χ2v) is 7.49. The summed E-state index contributed by atoms with van der Waals surface area (Å²) in [5.74, 6) is -0.708. The van der Waals surface area contributed by atoms with E-state index in [2.05, 4.69) is 25.4 Å². The van der Waals surface area contributed by atoms with Crippen molar-refractivity contribution in [3.63, 3.8) is 0 Å². The van der Waals surface area contributed by atoms with Gasteiger partial charge in [-0.15, -0.1) is 4.40 Å². The van der Waals surface area contributed by atoms with Crippen molar-refractivity contribution < 1.29 is 13.2 Å². The van der Waals surface area contributed by atoms with E-state index in [0.29, 0.717) is 0 Å². The molecule has 0 spiro atoms. The van der Waals surface area contributed by atoms with Gasteiger partial charge < -0.3 is 5.73 Å². The third kappa shape index (κ3) is 4.40. The standard InChI is InChI=1S/C13H12BrClN4O3S/c1-8-2-4-9(5-3-8)23(21,22)18-13-10(14)6-11(15)17-19(13)7-12(16)20/h2-6H,7H2,1H3,(H2,16,20)/b18-13-. The summed E-state index contributed by atoms with van der Waals surface area (Å²) in [5, 5.41) is 3.92. The lowest BCUT2D eigenvalue weighted by molar-refractivity contribution is -0.118. The molecule has 7 nitrogen and oxygen atoms in total. The highest BCUT2D eigenvalue weighted by atomic mass is 79.9. The van der Waals surface area contributed by atoms with Crippen LogP contribution in [0.4, 0.5) is 0 Å². The monoisotopic (exact) mass is 418 g/mol. The largest absolute Gasteiger partial charge is 0.368 e. The molecule has 122 valence electrons. The number of nitrogens with two attached hydrogens (primary N) is 1. The van der Waals surface area contributed by atoms with Crippen molar-refractivity contribution in [2.24, 2.45) is 10.1 Å². The molecular formula is C13H12BrClN4O3S. The van der Waals surface area contributed by atoms with Gasteiger partial charge in [-0.3, -0.25) is 4.79 Å². The van der Waals surface area contributed by atoms with Gasteiger partial charge in [-0.2, -0.15) is 13.5 Å². The molecule has 1 aromatic carbocycles. The van der Waals surface area contributed by atoms with E-state index >= 15 is 0 Å². The van der Waals surface area contributed by atoms with Crippen LogP contribution in [0.15, 0.2) is 44.1 Å². The molecule has 0 unspecified atom stereocenters. The number of carbonyl (C=O) groups is 1. The van der Waals surface area contributed by atoms with E-state index in [1.807, 2.05) is 6.92 Å². The van der Waals surface area contributed by atoms with Crippen molar-refractivity contribution >= 4 is 43.5 Å². The number of aryl methyl sites for hydroxylation is 1. The number of amides is 1. The minimum absolute atomic E-state index is 0.0237. The number of hydrogen-bond acceptors (Lipinski definition) is 4. The molecule has 23 heavy (non-hydrogen) atoms. The van der Waals surface area contributed by atoms with E-state index in [9.17, 15) is 13.2 Å². The molecule has 0 saturated carbocycles. The number of hydrogen-bond donors (Lipinski definition) is 1. The Morgan fingerprint density at radius 3 is 2.57 bits per heavy atom. The lowest BCUT2D eigenvalue weighted by atomic mass is 10.2. The Hall–Kier alpha value is -1.71. The summed E-state index contributed by atoms with van der Waals surface area (Å²) in [6, 6.07) is 7.60. The Kier molecular flexibility index (Phi) is 5.23. The van der Waals surface area contributed by atoms with Crippen LogP contribution < -0.4 is 11.2 Å². The maximum Gasteiger partial charge on any atom is 0.284 e. The molecule has 0 atom stereocenters. The highest BCUT2D eigenvalue weighted by molar-refractivity contribution is 9.10. The number of halogens is 2. The summed E-state index contributed by atoms with van der Waals surface area (Å²) in [5.41, 5.74) is 5.98. The van der Waals surface area contributed by atoms with Gasteiger partial charge in [0.1, 0.15) is 6.54 Å². The molecule has 2 rings (SSSR count). The van der Waals surface area contributed by atoms with Crippen molar-refractivity contribution in [1.82, 2.24) is 9.78 Å². The van der Waals surface area contributed by atoms with Crippen molar-refractivity contribution in [3.05, 3.63) is 51.0 Å². The van der Waals surface area contributed by atoms with Crippen LogP contribution in [0.1, 0.15) is 5.56 Å². The lowest BCUT2D eigenvalue weighted by Crippen LogP contribution is -2.32. The molecule has 0 bridgehead atoms. The van der Waals surface area contributed by atoms with Gasteiger partial charge in [0.15, 0.2) is 10.6 Å². The summed E-state index contributed by atoms with van der Waals surface area (Å²) in [7, 11) is -3.98. The number of carbonyl (C=O) groups excluding carboxylic acids is 1. The van der Waals surface area contributed by atoms with Crippen LogP contribution in [0.3, 0.4) is 0 Å². The third-order valence-corrected chi connectivity index (χ3v) is 4.80. The topological polar surface area (TPSA) is 107 Å². The molecule has 0 aliphatic carbocycles. The number of aromatic nitrogens is 2. The minimum Gasteiger partial charge on any atom is -0.368 e. The fourth-order valence-corrected chi connectivity index (χ4v) is 3.67. The normalized spacial score (nSPS) is 12.4. The fourth-order valence-electron chi connectivity index (χ4n) is 1.71. The van der Waals surface area contributed by atoms with E-state index in [1.54, 1.807) is 12.1 Å². The summed E-state index contributed by atoms with van der Waals surface area (Å²) in [6.45, 7) is 1.48. The van der Waals surface area contributed by atoms with Crippen molar-refractivity contribution in [2.75, 3.05) is 0 Å². The quantitative estimate of drug-likeness (QED) is 0.807. The highest BCUT2D eigenvalue weighted by Gasteiger charge is 2.15.